The normalized spacial score (nSPS) is 17.9. The SMILES string of the molecule is CS(=O)(=NC(=O)c1cncc(-c2ccccc2)c1)C1CCNCC1. The predicted octanol–water partition coefficient (Wildman–Crippen LogP) is 2.74. The molecule has 1 saturated heterocycles. The van der Waals surface area contributed by atoms with E-state index in [1.807, 2.05) is 30.3 Å². The molecule has 24 heavy (non-hydrogen) atoms. The predicted molar refractivity (Wildman–Crippen MR) is 96.4 cm³/mol. The van der Waals surface area contributed by atoms with E-state index in [0.717, 1.165) is 37.1 Å². The molecule has 2 heterocycles. The zero-order chi connectivity index (χ0) is 17.0. The highest BCUT2D eigenvalue weighted by Crippen LogP contribution is 2.20. The Kier molecular flexibility index (Phi) is 5.06. The molecule has 1 amide bonds. The van der Waals surface area contributed by atoms with Gasteiger partial charge < -0.3 is 5.32 Å². The monoisotopic (exact) mass is 343 g/mol. The van der Waals surface area contributed by atoms with Crippen LogP contribution in [0.2, 0.25) is 0 Å². The van der Waals surface area contributed by atoms with Crippen molar-refractivity contribution in [1.82, 2.24) is 10.3 Å². The molecule has 1 fully saturated rings. The van der Waals surface area contributed by atoms with Gasteiger partial charge in [0.2, 0.25) is 0 Å². The summed E-state index contributed by atoms with van der Waals surface area (Å²) in [6.45, 7) is 1.65. The van der Waals surface area contributed by atoms with E-state index < -0.39 is 15.6 Å². The number of aromatic nitrogens is 1. The third kappa shape index (κ3) is 3.88. The number of pyridine rings is 1. The number of piperidine rings is 1. The van der Waals surface area contributed by atoms with Crippen LogP contribution in [-0.4, -0.2) is 39.7 Å². The Bertz CT molecular complexity index is 836. The molecule has 1 aromatic carbocycles. The maximum absolute atomic E-state index is 12.8. The molecule has 6 heteroatoms. The van der Waals surface area contributed by atoms with E-state index in [-0.39, 0.29) is 5.25 Å². The summed E-state index contributed by atoms with van der Waals surface area (Å²) in [5.74, 6) is -0.452. The lowest BCUT2D eigenvalue weighted by Gasteiger charge is -2.23. The lowest BCUT2D eigenvalue weighted by molar-refractivity contribution is 0.100. The molecular weight excluding hydrogens is 322 g/mol. The van der Waals surface area contributed by atoms with Crippen LogP contribution in [0, 0.1) is 0 Å². The van der Waals surface area contributed by atoms with Crippen LogP contribution in [0.25, 0.3) is 11.1 Å². The molecule has 3 rings (SSSR count). The van der Waals surface area contributed by atoms with E-state index in [0.29, 0.717) is 5.56 Å². The van der Waals surface area contributed by atoms with Gasteiger partial charge in [0.05, 0.1) is 15.3 Å². The molecule has 1 atom stereocenters. The minimum Gasteiger partial charge on any atom is -0.317 e. The van der Waals surface area contributed by atoms with Crippen molar-refractivity contribution in [2.75, 3.05) is 19.3 Å². The molecule has 0 radical (unpaired) electrons. The van der Waals surface area contributed by atoms with Crippen LogP contribution in [0.4, 0.5) is 0 Å². The number of nitrogens with one attached hydrogen (secondary N) is 1. The average molecular weight is 343 g/mol. The Labute approximate surface area is 142 Å². The van der Waals surface area contributed by atoms with Gasteiger partial charge in [-0.05, 0) is 37.6 Å². The summed E-state index contributed by atoms with van der Waals surface area (Å²) in [6.07, 6.45) is 6.36. The number of amides is 1. The number of hydrogen-bond donors (Lipinski definition) is 1. The molecule has 0 aliphatic carbocycles. The molecule has 0 spiro atoms. The minimum absolute atomic E-state index is 0.0343. The van der Waals surface area contributed by atoms with Crippen molar-refractivity contribution in [3.8, 4) is 11.1 Å². The summed E-state index contributed by atoms with van der Waals surface area (Å²) in [5.41, 5.74) is 2.20. The largest absolute Gasteiger partial charge is 0.317 e. The molecule has 1 aliphatic heterocycles. The summed E-state index contributed by atoms with van der Waals surface area (Å²) in [6, 6.07) is 11.5. The van der Waals surface area contributed by atoms with Gasteiger partial charge in [-0.3, -0.25) is 9.78 Å². The second kappa shape index (κ2) is 7.23. The Morgan fingerprint density at radius 1 is 1.17 bits per heavy atom. The van der Waals surface area contributed by atoms with Gasteiger partial charge in [0, 0.05) is 29.5 Å². The fourth-order valence-electron chi connectivity index (χ4n) is 2.87. The Hall–Kier alpha value is -2.05. The lowest BCUT2D eigenvalue weighted by atomic mass is 10.1. The molecule has 1 aliphatic rings. The molecule has 126 valence electrons. The summed E-state index contributed by atoms with van der Waals surface area (Å²) >= 11 is 0. The topological polar surface area (TPSA) is 71.4 Å². The maximum atomic E-state index is 12.8. The Morgan fingerprint density at radius 2 is 1.88 bits per heavy atom. The van der Waals surface area contributed by atoms with Crippen LogP contribution in [0.15, 0.2) is 53.2 Å². The van der Waals surface area contributed by atoms with Crippen molar-refractivity contribution >= 4 is 15.6 Å². The van der Waals surface area contributed by atoms with Crippen molar-refractivity contribution in [2.24, 2.45) is 4.36 Å². The molecule has 5 nitrogen and oxygen atoms in total. The zero-order valence-electron chi connectivity index (χ0n) is 13.6. The zero-order valence-corrected chi connectivity index (χ0v) is 14.5. The molecule has 2 aromatic rings. The number of carbonyl (C=O) groups excluding carboxylic acids is 1. The van der Waals surface area contributed by atoms with E-state index in [1.165, 1.54) is 6.20 Å². The number of benzene rings is 1. The molecule has 1 aromatic heterocycles. The van der Waals surface area contributed by atoms with Gasteiger partial charge in [-0.25, -0.2) is 4.21 Å². The first-order valence-electron chi connectivity index (χ1n) is 8.03. The van der Waals surface area contributed by atoms with Crippen molar-refractivity contribution in [3.63, 3.8) is 0 Å². The summed E-state index contributed by atoms with van der Waals surface area (Å²) in [7, 11) is -2.55. The van der Waals surface area contributed by atoms with Crippen LogP contribution in [0.3, 0.4) is 0 Å². The summed E-state index contributed by atoms with van der Waals surface area (Å²) in [4.78, 5) is 16.6. The van der Waals surface area contributed by atoms with Gasteiger partial charge >= 0.3 is 0 Å². The average Bonchev–Trinajstić information content (AvgIpc) is 2.63. The van der Waals surface area contributed by atoms with Gasteiger partial charge in [0.25, 0.3) is 5.91 Å². The highest BCUT2D eigenvalue weighted by molar-refractivity contribution is 7.93. The quantitative estimate of drug-likeness (QED) is 0.930. The number of carbonyl (C=O) groups is 1. The smallest absolute Gasteiger partial charge is 0.286 e. The molecule has 1 unspecified atom stereocenters. The first-order chi connectivity index (χ1) is 11.6. The van der Waals surface area contributed by atoms with Gasteiger partial charge in [-0.15, -0.1) is 0 Å². The highest BCUT2D eigenvalue weighted by Gasteiger charge is 2.23. The molecule has 0 saturated carbocycles. The van der Waals surface area contributed by atoms with E-state index >= 15 is 0 Å². The van der Waals surface area contributed by atoms with Gasteiger partial charge in [0.15, 0.2) is 0 Å². The second-order valence-electron chi connectivity index (χ2n) is 6.04. The van der Waals surface area contributed by atoms with Gasteiger partial charge in [-0.1, -0.05) is 30.3 Å². The third-order valence-corrected chi connectivity index (χ3v) is 6.50. The maximum Gasteiger partial charge on any atom is 0.286 e. The Balaban J connectivity index is 1.87. The highest BCUT2D eigenvalue weighted by atomic mass is 32.2. The lowest BCUT2D eigenvalue weighted by Crippen LogP contribution is -2.35. The van der Waals surface area contributed by atoms with Crippen LogP contribution in [-0.2, 0) is 9.73 Å². The van der Waals surface area contributed by atoms with Crippen molar-refractivity contribution in [1.29, 1.82) is 0 Å². The van der Waals surface area contributed by atoms with E-state index in [4.69, 9.17) is 0 Å². The fraction of sp³-hybridized carbons (Fsp3) is 0.333. The van der Waals surface area contributed by atoms with Gasteiger partial charge in [-0.2, -0.15) is 4.36 Å². The molecular formula is C18H21N3O2S. The first kappa shape index (κ1) is 16.8. The number of rotatable bonds is 3. The summed E-state index contributed by atoms with van der Waals surface area (Å²) in [5, 5.41) is 3.20. The first-order valence-corrected chi connectivity index (χ1v) is 10.0. The number of nitrogens with zero attached hydrogens (tertiary/aromatic N) is 2. The fourth-order valence-corrected chi connectivity index (χ4v) is 4.56. The third-order valence-electron chi connectivity index (χ3n) is 4.26. The van der Waals surface area contributed by atoms with E-state index in [1.54, 1.807) is 18.5 Å². The van der Waals surface area contributed by atoms with Crippen molar-refractivity contribution in [3.05, 3.63) is 54.4 Å². The number of hydrogen-bond acceptors (Lipinski definition) is 4. The van der Waals surface area contributed by atoms with Crippen molar-refractivity contribution in [2.45, 2.75) is 18.1 Å². The summed E-state index contributed by atoms with van der Waals surface area (Å²) < 4.78 is 16.9. The van der Waals surface area contributed by atoms with E-state index in [2.05, 4.69) is 14.7 Å². The van der Waals surface area contributed by atoms with Crippen LogP contribution in [0.1, 0.15) is 23.2 Å². The van der Waals surface area contributed by atoms with Crippen LogP contribution < -0.4 is 5.32 Å². The van der Waals surface area contributed by atoms with Crippen LogP contribution in [0.5, 0.6) is 0 Å². The standard InChI is InChI=1S/C18H21N3O2S/c1-24(23,17-7-9-19-10-8-17)21-18(22)16-11-15(12-20-13-16)14-5-3-2-4-6-14/h2-6,11-13,17,19H,7-10H2,1H3. The van der Waals surface area contributed by atoms with Gasteiger partial charge in [0.1, 0.15) is 0 Å². The molecule has 0 bridgehead atoms. The van der Waals surface area contributed by atoms with Crippen LogP contribution >= 0.6 is 0 Å². The van der Waals surface area contributed by atoms with Crippen molar-refractivity contribution < 1.29 is 9.00 Å². The second-order valence-corrected chi connectivity index (χ2v) is 8.61. The van der Waals surface area contributed by atoms with E-state index in [9.17, 15) is 9.00 Å². The minimum atomic E-state index is -2.55. The molecule has 1 N–H and O–H groups in total. The Morgan fingerprint density at radius 3 is 2.58 bits per heavy atom.